The molecule has 1 aliphatic heterocycles. The van der Waals surface area contributed by atoms with E-state index < -0.39 is 10.0 Å². The first-order valence-corrected chi connectivity index (χ1v) is 9.31. The van der Waals surface area contributed by atoms with Crippen LogP contribution < -0.4 is 5.73 Å². The number of rotatable bonds is 6. The minimum absolute atomic E-state index is 0. The Morgan fingerprint density at radius 1 is 1.27 bits per heavy atom. The van der Waals surface area contributed by atoms with Gasteiger partial charge in [-0.3, -0.25) is 0 Å². The van der Waals surface area contributed by atoms with Crippen LogP contribution in [0.1, 0.15) is 38.2 Å². The minimum Gasteiger partial charge on any atom is -0.330 e. The number of benzene rings is 1. The summed E-state index contributed by atoms with van der Waals surface area (Å²) in [5.74, 6) is 0.401. The molecule has 1 aromatic rings. The number of nitrogens with two attached hydrogens (primary N) is 1. The van der Waals surface area contributed by atoms with E-state index in [4.69, 9.17) is 5.73 Å². The summed E-state index contributed by atoms with van der Waals surface area (Å²) in [4.78, 5) is 0.413. The van der Waals surface area contributed by atoms with Crippen LogP contribution in [0.3, 0.4) is 0 Å². The summed E-state index contributed by atoms with van der Waals surface area (Å²) >= 11 is 0. The lowest BCUT2D eigenvalue weighted by Crippen LogP contribution is -2.40. The summed E-state index contributed by atoms with van der Waals surface area (Å²) in [6, 6.07) is 7.34. The Hall–Kier alpha value is -0.620. The summed E-state index contributed by atoms with van der Waals surface area (Å²) in [6.45, 7) is 3.98. The van der Waals surface area contributed by atoms with Crippen LogP contribution in [-0.4, -0.2) is 32.4 Å². The highest BCUT2D eigenvalue weighted by Gasteiger charge is 2.29. The van der Waals surface area contributed by atoms with Gasteiger partial charge >= 0.3 is 0 Å². The maximum Gasteiger partial charge on any atom is 0.243 e. The zero-order chi connectivity index (χ0) is 15.3. The van der Waals surface area contributed by atoms with E-state index in [1.165, 1.54) is 5.56 Å². The molecule has 4 nitrogen and oxygen atoms in total. The fraction of sp³-hybridized carbons (Fsp3) is 0.625. The topological polar surface area (TPSA) is 63.4 Å². The van der Waals surface area contributed by atoms with E-state index >= 15 is 0 Å². The van der Waals surface area contributed by atoms with E-state index in [2.05, 4.69) is 6.92 Å². The molecule has 1 aromatic carbocycles. The van der Waals surface area contributed by atoms with Gasteiger partial charge in [0.15, 0.2) is 0 Å². The van der Waals surface area contributed by atoms with Gasteiger partial charge in [0.05, 0.1) is 4.90 Å². The van der Waals surface area contributed by atoms with Crippen LogP contribution in [0.5, 0.6) is 0 Å². The highest BCUT2D eigenvalue weighted by atomic mass is 35.5. The van der Waals surface area contributed by atoms with E-state index in [-0.39, 0.29) is 12.4 Å². The highest BCUT2D eigenvalue weighted by molar-refractivity contribution is 7.89. The lowest BCUT2D eigenvalue weighted by atomic mass is 9.96. The molecule has 0 aliphatic carbocycles. The van der Waals surface area contributed by atoms with Crippen LogP contribution >= 0.6 is 12.4 Å². The molecule has 1 unspecified atom stereocenters. The van der Waals surface area contributed by atoms with Crippen molar-refractivity contribution in [2.45, 2.75) is 43.9 Å². The third-order valence-electron chi connectivity index (χ3n) is 4.16. The number of halogens is 1. The fourth-order valence-electron chi connectivity index (χ4n) is 2.98. The van der Waals surface area contributed by atoms with Crippen molar-refractivity contribution in [2.75, 3.05) is 19.6 Å². The molecule has 0 radical (unpaired) electrons. The van der Waals surface area contributed by atoms with Crippen molar-refractivity contribution in [1.29, 1.82) is 0 Å². The van der Waals surface area contributed by atoms with Crippen molar-refractivity contribution < 1.29 is 8.42 Å². The molecule has 0 amide bonds. The van der Waals surface area contributed by atoms with Gasteiger partial charge in [-0.1, -0.05) is 25.5 Å². The number of hydrogen-bond acceptors (Lipinski definition) is 3. The van der Waals surface area contributed by atoms with Gasteiger partial charge in [0.2, 0.25) is 10.0 Å². The molecule has 1 heterocycles. The Balaban J connectivity index is 0.00000242. The standard InChI is InChI=1S/C16H26N2O2S.ClH/c1-2-4-14-6-8-16(9-7-14)21(19,20)18-12-3-5-15(13-18)10-11-17;/h6-9,15H,2-5,10-13,17H2,1H3;1H. The number of sulfonamides is 1. The Morgan fingerprint density at radius 2 is 1.95 bits per heavy atom. The Kier molecular flexibility index (Phi) is 7.83. The second-order valence-electron chi connectivity index (χ2n) is 5.84. The molecule has 2 N–H and O–H groups in total. The maximum absolute atomic E-state index is 12.7. The highest BCUT2D eigenvalue weighted by Crippen LogP contribution is 2.25. The van der Waals surface area contributed by atoms with Gasteiger partial charge < -0.3 is 5.73 Å². The van der Waals surface area contributed by atoms with Crippen LogP contribution in [0.2, 0.25) is 0 Å². The van der Waals surface area contributed by atoms with Gasteiger partial charge in [0.25, 0.3) is 0 Å². The molecule has 1 saturated heterocycles. The average Bonchev–Trinajstić information content (AvgIpc) is 2.49. The number of nitrogens with zero attached hydrogens (tertiary/aromatic N) is 1. The first-order valence-electron chi connectivity index (χ1n) is 7.87. The number of hydrogen-bond donors (Lipinski definition) is 1. The molecule has 0 aromatic heterocycles. The normalized spacial score (nSPS) is 19.6. The average molecular weight is 347 g/mol. The van der Waals surface area contributed by atoms with E-state index in [1.54, 1.807) is 16.4 Å². The molecule has 126 valence electrons. The summed E-state index contributed by atoms with van der Waals surface area (Å²) < 4.78 is 27.0. The van der Waals surface area contributed by atoms with Crippen molar-refractivity contribution in [2.24, 2.45) is 11.7 Å². The second-order valence-corrected chi connectivity index (χ2v) is 7.78. The molecule has 1 atom stereocenters. The lowest BCUT2D eigenvalue weighted by Gasteiger charge is -2.31. The summed E-state index contributed by atoms with van der Waals surface area (Å²) in [5.41, 5.74) is 6.79. The molecular weight excluding hydrogens is 320 g/mol. The Labute approximate surface area is 140 Å². The first-order chi connectivity index (χ1) is 10.1. The van der Waals surface area contributed by atoms with Crippen molar-refractivity contribution >= 4 is 22.4 Å². The molecule has 1 aliphatic rings. The zero-order valence-corrected chi connectivity index (χ0v) is 14.8. The Bertz CT molecular complexity index is 544. The van der Waals surface area contributed by atoms with Gasteiger partial charge in [0.1, 0.15) is 0 Å². The molecule has 2 rings (SSSR count). The molecular formula is C16H27ClN2O2S. The van der Waals surface area contributed by atoms with Crippen LogP contribution in [0.25, 0.3) is 0 Å². The summed E-state index contributed by atoms with van der Waals surface area (Å²) in [5, 5.41) is 0. The fourth-order valence-corrected chi connectivity index (χ4v) is 4.54. The summed E-state index contributed by atoms with van der Waals surface area (Å²) in [7, 11) is -3.35. The molecule has 0 bridgehead atoms. The molecule has 0 saturated carbocycles. The van der Waals surface area contributed by atoms with Gasteiger partial charge in [-0.25, -0.2) is 8.42 Å². The SMILES string of the molecule is CCCc1ccc(S(=O)(=O)N2CCCC(CCN)C2)cc1.Cl. The smallest absolute Gasteiger partial charge is 0.243 e. The predicted molar refractivity (Wildman–Crippen MR) is 92.8 cm³/mol. The van der Waals surface area contributed by atoms with Crippen LogP contribution in [-0.2, 0) is 16.4 Å². The van der Waals surface area contributed by atoms with Crippen LogP contribution in [0, 0.1) is 5.92 Å². The van der Waals surface area contributed by atoms with Crippen molar-refractivity contribution in [3.8, 4) is 0 Å². The monoisotopic (exact) mass is 346 g/mol. The molecule has 0 spiro atoms. The van der Waals surface area contributed by atoms with E-state index in [9.17, 15) is 8.42 Å². The Morgan fingerprint density at radius 3 is 2.55 bits per heavy atom. The third kappa shape index (κ3) is 4.69. The lowest BCUT2D eigenvalue weighted by molar-refractivity contribution is 0.258. The quantitative estimate of drug-likeness (QED) is 0.861. The second kappa shape index (κ2) is 8.87. The molecule has 1 fully saturated rings. The number of aryl methyl sites for hydroxylation is 1. The van der Waals surface area contributed by atoms with Crippen molar-refractivity contribution in [1.82, 2.24) is 4.31 Å². The van der Waals surface area contributed by atoms with E-state index in [1.807, 2.05) is 12.1 Å². The minimum atomic E-state index is -3.35. The third-order valence-corrected chi connectivity index (χ3v) is 6.04. The first kappa shape index (κ1) is 19.4. The van der Waals surface area contributed by atoms with Gasteiger partial charge in [-0.15, -0.1) is 12.4 Å². The van der Waals surface area contributed by atoms with Gasteiger partial charge in [-0.2, -0.15) is 4.31 Å². The van der Waals surface area contributed by atoms with E-state index in [0.717, 1.165) is 32.1 Å². The molecule has 22 heavy (non-hydrogen) atoms. The summed E-state index contributed by atoms with van der Waals surface area (Å²) in [6.07, 6.45) is 4.97. The van der Waals surface area contributed by atoms with Crippen LogP contribution in [0.15, 0.2) is 29.2 Å². The van der Waals surface area contributed by atoms with Gasteiger partial charge in [-0.05, 0) is 55.8 Å². The molecule has 6 heteroatoms. The van der Waals surface area contributed by atoms with Gasteiger partial charge in [0, 0.05) is 13.1 Å². The van der Waals surface area contributed by atoms with E-state index in [0.29, 0.717) is 30.4 Å². The van der Waals surface area contributed by atoms with Crippen LogP contribution in [0.4, 0.5) is 0 Å². The predicted octanol–water partition coefficient (Wildman–Crippen LogP) is 2.81. The maximum atomic E-state index is 12.7. The van der Waals surface area contributed by atoms with Crippen molar-refractivity contribution in [3.63, 3.8) is 0 Å². The largest absolute Gasteiger partial charge is 0.330 e. The number of piperidine rings is 1. The zero-order valence-electron chi connectivity index (χ0n) is 13.2. The van der Waals surface area contributed by atoms with Crippen molar-refractivity contribution in [3.05, 3.63) is 29.8 Å².